The molecule has 1 fully saturated rings. The third kappa shape index (κ3) is 3.07. The lowest BCUT2D eigenvalue weighted by atomic mass is 10.0. The fourth-order valence-corrected chi connectivity index (χ4v) is 4.40. The van der Waals surface area contributed by atoms with Crippen LogP contribution in [0.4, 0.5) is 8.78 Å². The molecule has 0 radical (unpaired) electrons. The maximum absolute atomic E-state index is 14.1. The lowest BCUT2D eigenvalue weighted by Crippen LogP contribution is -2.26. The molecule has 2 N–H and O–H groups in total. The molecule has 3 aromatic heterocycles. The lowest BCUT2D eigenvalue weighted by Gasteiger charge is -2.16. The molecule has 31 heavy (non-hydrogen) atoms. The summed E-state index contributed by atoms with van der Waals surface area (Å²) in [5.41, 5.74) is 1.02. The second-order valence-corrected chi connectivity index (χ2v) is 7.97. The number of rotatable bonds is 3. The zero-order valence-electron chi connectivity index (χ0n) is 17.1. The molecule has 0 spiro atoms. The molecule has 0 saturated carbocycles. The fourth-order valence-electron chi connectivity index (χ4n) is 4.40. The molecule has 1 aromatic carbocycles. The summed E-state index contributed by atoms with van der Waals surface area (Å²) in [6, 6.07) is 4.42. The van der Waals surface area contributed by atoms with Gasteiger partial charge < -0.3 is 15.0 Å². The van der Waals surface area contributed by atoms with Crippen molar-refractivity contribution in [2.75, 3.05) is 13.1 Å². The first kappa shape index (κ1) is 19.6. The SMILES string of the molecule is Cc1c(O)c(-c2cc(C(F)F)c3c(=O)n(C4CCNC4)ccc3n2)cc2cn(C)nc12. The van der Waals surface area contributed by atoms with Crippen LogP contribution in [-0.4, -0.2) is 37.5 Å². The molecule has 160 valence electrons. The molecule has 9 heteroatoms. The Labute approximate surface area is 175 Å². The van der Waals surface area contributed by atoms with Crippen molar-refractivity contribution in [2.24, 2.45) is 7.05 Å². The van der Waals surface area contributed by atoms with E-state index >= 15 is 0 Å². The highest BCUT2D eigenvalue weighted by atomic mass is 19.3. The molecular formula is C22H21F2N5O2. The Morgan fingerprint density at radius 1 is 1.32 bits per heavy atom. The van der Waals surface area contributed by atoms with E-state index in [9.17, 15) is 18.7 Å². The van der Waals surface area contributed by atoms with Crippen molar-refractivity contribution in [3.8, 4) is 17.0 Å². The van der Waals surface area contributed by atoms with Gasteiger partial charge in [0.15, 0.2) is 0 Å². The molecule has 4 aromatic rings. The number of aromatic hydroxyl groups is 1. The van der Waals surface area contributed by atoms with Crippen LogP contribution in [0, 0.1) is 6.92 Å². The van der Waals surface area contributed by atoms with Crippen molar-refractivity contribution in [1.29, 1.82) is 0 Å². The Morgan fingerprint density at radius 2 is 2.13 bits per heavy atom. The van der Waals surface area contributed by atoms with Crippen LogP contribution in [0.15, 0.2) is 35.4 Å². The Hall–Kier alpha value is -3.33. The molecule has 1 aliphatic heterocycles. The number of fused-ring (bicyclic) bond motifs is 2. The molecule has 0 bridgehead atoms. The Morgan fingerprint density at radius 3 is 2.84 bits per heavy atom. The number of aryl methyl sites for hydroxylation is 2. The maximum Gasteiger partial charge on any atom is 0.264 e. The third-order valence-corrected chi connectivity index (χ3v) is 5.98. The van der Waals surface area contributed by atoms with Gasteiger partial charge in [0.05, 0.1) is 28.2 Å². The average Bonchev–Trinajstić information content (AvgIpc) is 3.39. The van der Waals surface area contributed by atoms with E-state index in [4.69, 9.17) is 0 Å². The summed E-state index contributed by atoms with van der Waals surface area (Å²) in [6.07, 6.45) is 1.30. The van der Waals surface area contributed by atoms with Gasteiger partial charge >= 0.3 is 0 Å². The summed E-state index contributed by atoms with van der Waals surface area (Å²) in [6.45, 7) is 3.13. The van der Waals surface area contributed by atoms with E-state index in [2.05, 4.69) is 15.4 Å². The molecule has 5 rings (SSSR count). The molecule has 4 heterocycles. The average molecular weight is 425 g/mol. The van der Waals surface area contributed by atoms with Gasteiger partial charge in [0.1, 0.15) is 5.75 Å². The highest BCUT2D eigenvalue weighted by molar-refractivity contribution is 5.92. The smallest absolute Gasteiger partial charge is 0.264 e. The van der Waals surface area contributed by atoms with Crippen LogP contribution in [0.3, 0.4) is 0 Å². The molecule has 1 atom stereocenters. The van der Waals surface area contributed by atoms with Gasteiger partial charge in [0, 0.05) is 48.1 Å². The second-order valence-electron chi connectivity index (χ2n) is 7.97. The summed E-state index contributed by atoms with van der Waals surface area (Å²) < 4.78 is 31.2. The number of halogens is 2. The van der Waals surface area contributed by atoms with Gasteiger partial charge in [0.25, 0.3) is 12.0 Å². The minimum Gasteiger partial charge on any atom is -0.507 e. The van der Waals surface area contributed by atoms with Crippen LogP contribution in [0.5, 0.6) is 5.75 Å². The van der Waals surface area contributed by atoms with Gasteiger partial charge in [-0.05, 0) is 38.1 Å². The van der Waals surface area contributed by atoms with E-state index in [1.807, 2.05) is 0 Å². The van der Waals surface area contributed by atoms with Gasteiger partial charge in [-0.1, -0.05) is 0 Å². The number of benzene rings is 1. The molecule has 0 amide bonds. The van der Waals surface area contributed by atoms with Gasteiger partial charge in [-0.3, -0.25) is 9.48 Å². The predicted molar refractivity (Wildman–Crippen MR) is 114 cm³/mol. The van der Waals surface area contributed by atoms with E-state index in [0.717, 1.165) is 18.4 Å². The first-order valence-corrected chi connectivity index (χ1v) is 10.1. The molecule has 0 aliphatic carbocycles. The summed E-state index contributed by atoms with van der Waals surface area (Å²) in [4.78, 5) is 17.6. The Bertz CT molecular complexity index is 1390. The van der Waals surface area contributed by atoms with E-state index in [0.29, 0.717) is 23.2 Å². The minimum absolute atomic E-state index is 0.0661. The van der Waals surface area contributed by atoms with E-state index in [1.54, 1.807) is 43.2 Å². The molecule has 7 nitrogen and oxygen atoms in total. The largest absolute Gasteiger partial charge is 0.507 e. The van der Waals surface area contributed by atoms with Gasteiger partial charge in [-0.25, -0.2) is 13.8 Å². The van der Waals surface area contributed by atoms with Crippen molar-refractivity contribution >= 4 is 21.8 Å². The fraction of sp³-hybridized carbons (Fsp3) is 0.318. The van der Waals surface area contributed by atoms with E-state index < -0.39 is 12.0 Å². The Kier molecular flexibility index (Phi) is 4.51. The molecule has 1 saturated heterocycles. The third-order valence-electron chi connectivity index (χ3n) is 5.98. The number of nitrogens with one attached hydrogen (secondary N) is 1. The number of pyridine rings is 2. The summed E-state index contributed by atoms with van der Waals surface area (Å²) in [5, 5.41) is 19.0. The number of hydrogen-bond donors (Lipinski definition) is 2. The summed E-state index contributed by atoms with van der Waals surface area (Å²) in [7, 11) is 1.77. The number of alkyl halides is 2. The van der Waals surface area contributed by atoms with Crippen molar-refractivity contribution in [2.45, 2.75) is 25.8 Å². The number of nitrogens with zero attached hydrogens (tertiary/aromatic N) is 4. The van der Waals surface area contributed by atoms with Crippen molar-refractivity contribution in [3.05, 3.63) is 52.1 Å². The van der Waals surface area contributed by atoms with Gasteiger partial charge in [-0.15, -0.1) is 0 Å². The lowest BCUT2D eigenvalue weighted by molar-refractivity contribution is 0.153. The number of aromatic nitrogens is 4. The number of phenolic OH excluding ortho intramolecular Hbond substituents is 1. The van der Waals surface area contributed by atoms with Gasteiger partial charge in [-0.2, -0.15) is 5.10 Å². The maximum atomic E-state index is 14.1. The highest BCUT2D eigenvalue weighted by Gasteiger charge is 2.24. The summed E-state index contributed by atoms with van der Waals surface area (Å²) in [5.74, 6) is -0.0661. The quantitative estimate of drug-likeness (QED) is 0.525. The van der Waals surface area contributed by atoms with Gasteiger partial charge in [0.2, 0.25) is 0 Å². The number of phenols is 1. The van der Waals surface area contributed by atoms with E-state index in [1.165, 1.54) is 10.6 Å². The number of hydrogen-bond acceptors (Lipinski definition) is 5. The standard InChI is InChI=1S/C22H21F2N5O2/c1-11-19-12(10-28(2)27-19)7-14(20(11)30)17-8-15(21(23)24)18-16(26-17)4-6-29(22(18)31)13-3-5-25-9-13/h4,6-8,10,13,21,25,30H,3,5,9H2,1-2H3. The first-order chi connectivity index (χ1) is 14.8. The minimum atomic E-state index is -2.86. The van der Waals surface area contributed by atoms with Crippen LogP contribution in [-0.2, 0) is 7.05 Å². The van der Waals surface area contributed by atoms with Crippen LogP contribution >= 0.6 is 0 Å². The van der Waals surface area contributed by atoms with Crippen LogP contribution in [0.1, 0.15) is 30.0 Å². The first-order valence-electron chi connectivity index (χ1n) is 10.1. The van der Waals surface area contributed by atoms with Crippen molar-refractivity contribution in [3.63, 3.8) is 0 Å². The molecule has 1 unspecified atom stereocenters. The van der Waals surface area contributed by atoms with Crippen LogP contribution < -0.4 is 10.9 Å². The second kappa shape index (κ2) is 7.12. The van der Waals surface area contributed by atoms with Crippen molar-refractivity contribution in [1.82, 2.24) is 24.6 Å². The zero-order chi connectivity index (χ0) is 21.9. The van der Waals surface area contributed by atoms with Crippen molar-refractivity contribution < 1.29 is 13.9 Å². The topological polar surface area (TPSA) is 85.0 Å². The molecular weight excluding hydrogens is 404 g/mol. The zero-order valence-corrected chi connectivity index (χ0v) is 17.1. The predicted octanol–water partition coefficient (Wildman–Crippen LogP) is 3.44. The highest BCUT2D eigenvalue weighted by Crippen LogP contribution is 2.38. The van der Waals surface area contributed by atoms with Crippen LogP contribution in [0.25, 0.3) is 33.1 Å². The normalized spacial score (nSPS) is 16.7. The van der Waals surface area contributed by atoms with E-state index in [-0.39, 0.29) is 34.0 Å². The molecule has 1 aliphatic rings. The Balaban J connectivity index is 1.76. The summed E-state index contributed by atoms with van der Waals surface area (Å²) >= 11 is 0. The monoisotopic (exact) mass is 425 g/mol. The van der Waals surface area contributed by atoms with Crippen LogP contribution in [0.2, 0.25) is 0 Å².